The van der Waals surface area contributed by atoms with E-state index in [9.17, 15) is 13.2 Å². The van der Waals surface area contributed by atoms with Crippen molar-refractivity contribution in [1.29, 1.82) is 0 Å². The van der Waals surface area contributed by atoms with Gasteiger partial charge in [-0.2, -0.15) is 4.31 Å². The standard InChI is InChI=1S/C22H27N3O5S2/c1-29-19-6-2-17(3-7-19)15-25(18-4-5-18)22(26)16-31-21-9-8-20(14-23-21)32(27,28)24-10-12-30-13-11-24/h2-3,6-9,14,18H,4-5,10-13,15-16H2,1H3. The Hall–Kier alpha value is -2.14. The van der Waals surface area contributed by atoms with Gasteiger partial charge in [-0.05, 0) is 42.7 Å². The highest BCUT2D eigenvalue weighted by molar-refractivity contribution is 7.99. The molecule has 0 radical (unpaired) electrons. The van der Waals surface area contributed by atoms with Crippen molar-refractivity contribution in [2.75, 3.05) is 39.2 Å². The number of morpholine rings is 1. The summed E-state index contributed by atoms with van der Waals surface area (Å²) < 4.78 is 37.2. The van der Waals surface area contributed by atoms with E-state index in [2.05, 4.69) is 4.98 Å². The summed E-state index contributed by atoms with van der Waals surface area (Å²) >= 11 is 1.32. The molecule has 0 unspecified atom stereocenters. The number of amides is 1. The molecule has 1 saturated heterocycles. The molecule has 0 spiro atoms. The van der Waals surface area contributed by atoms with Crippen LogP contribution in [0.15, 0.2) is 52.5 Å². The van der Waals surface area contributed by atoms with Crippen LogP contribution in [0.4, 0.5) is 0 Å². The molecular formula is C22H27N3O5S2. The van der Waals surface area contributed by atoms with Crippen LogP contribution < -0.4 is 4.74 Å². The molecule has 0 N–H and O–H groups in total. The Morgan fingerprint density at radius 2 is 1.91 bits per heavy atom. The van der Waals surface area contributed by atoms with Gasteiger partial charge in [0.2, 0.25) is 15.9 Å². The van der Waals surface area contributed by atoms with E-state index >= 15 is 0 Å². The summed E-state index contributed by atoms with van der Waals surface area (Å²) in [5.74, 6) is 1.11. The number of carbonyl (C=O) groups excluding carboxylic acids is 1. The van der Waals surface area contributed by atoms with Crippen LogP contribution in [0, 0.1) is 0 Å². The number of pyridine rings is 1. The molecule has 172 valence electrons. The molecule has 1 aliphatic carbocycles. The minimum Gasteiger partial charge on any atom is -0.497 e. The lowest BCUT2D eigenvalue weighted by Gasteiger charge is -2.25. The zero-order valence-electron chi connectivity index (χ0n) is 18.0. The first-order chi connectivity index (χ1) is 15.5. The number of rotatable bonds is 9. The SMILES string of the molecule is COc1ccc(CN(C(=O)CSc2ccc(S(=O)(=O)N3CCOCC3)cn2)C2CC2)cc1. The van der Waals surface area contributed by atoms with Crippen LogP contribution in [0.5, 0.6) is 5.75 Å². The lowest BCUT2D eigenvalue weighted by Crippen LogP contribution is -2.40. The van der Waals surface area contributed by atoms with Crippen molar-refractivity contribution < 1.29 is 22.7 Å². The predicted molar refractivity (Wildman–Crippen MR) is 121 cm³/mol. The van der Waals surface area contributed by atoms with Crippen LogP contribution in [0.25, 0.3) is 0 Å². The number of hydrogen-bond donors (Lipinski definition) is 0. The van der Waals surface area contributed by atoms with Gasteiger partial charge in [-0.3, -0.25) is 4.79 Å². The predicted octanol–water partition coefficient (Wildman–Crippen LogP) is 2.39. The molecule has 1 aromatic carbocycles. The Bertz CT molecular complexity index is 1020. The first kappa shape index (κ1) is 23.0. The van der Waals surface area contributed by atoms with Crippen LogP contribution in [0.1, 0.15) is 18.4 Å². The van der Waals surface area contributed by atoms with Gasteiger partial charge in [0, 0.05) is 31.9 Å². The third-order valence-corrected chi connectivity index (χ3v) is 8.29. The van der Waals surface area contributed by atoms with Gasteiger partial charge in [0.25, 0.3) is 0 Å². The van der Waals surface area contributed by atoms with Crippen LogP contribution in [-0.4, -0.2) is 73.7 Å². The van der Waals surface area contributed by atoms with E-state index in [1.54, 1.807) is 19.2 Å². The third-order valence-electron chi connectivity index (χ3n) is 5.48. The molecule has 1 amide bonds. The molecule has 4 rings (SSSR count). The Labute approximate surface area is 193 Å². The number of carbonyl (C=O) groups is 1. The Balaban J connectivity index is 1.35. The normalized spacial score (nSPS) is 17.2. The second-order valence-corrected chi connectivity index (χ2v) is 10.7. The molecule has 0 bridgehead atoms. The van der Waals surface area contributed by atoms with Crippen molar-refractivity contribution in [3.05, 3.63) is 48.2 Å². The zero-order valence-corrected chi connectivity index (χ0v) is 19.6. The summed E-state index contributed by atoms with van der Waals surface area (Å²) in [5, 5.41) is 0.625. The molecule has 1 aliphatic heterocycles. The summed E-state index contributed by atoms with van der Waals surface area (Å²) in [7, 11) is -1.94. The highest BCUT2D eigenvalue weighted by Gasteiger charge is 2.32. The van der Waals surface area contributed by atoms with E-state index in [1.807, 2.05) is 29.2 Å². The maximum Gasteiger partial charge on any atom is 0.244 e. The van der Waals surface area contributed by atoms with Gasteiger partial charge in [0.05, 0.1) is 31.1 Å². The summed E-state index contributed by atoms with van der Waals surface area (Å²) in [4.78, 5) is 19.3. The van der Waals surface area contributed by atoms with Crippen molar-refractivity contribution in [2.45, 2.75) is 35.3 Å². The van der Waals surface area contributed by atoms with Crippen molar-refractivity contribution in [2.24, 2.45) is 0 Å². The fourth-order valence-corrected chi connectivity index (χ4v) is 5.58. The number of aromatic nitrogens is 1. The number of nitrogens with zero attached hydrogens (tertiary/aromatic N) is 3. The first-order valence-corrected chi connectivity index (χ1v) is 13.0. The van der Waals surface area contributed by atoms with E-state index in [0.717, 1.165) is 24.2 Å². The Kier molecular flexibility index (Phi) is 7.34. The number of benzene rings is 1. The molecule has 0 atom stereocenters. The second kappa shape index (κ2) is 10.2. The highest BCUT2D eigenvalue weighted by Crippen LogP contribution is 2.30. The van der Waals surface area contributed by atoms with Crippen LogP contribution >= 0.6 is 11.8 Å². The Morgan fingerprint density at radius 3 is 2.50 bits per heavy atom. The fraction of sp³-hybridized carbons (Fsp3) is 0.455. The molecule has 2 aliphatic rings. The second-order valence-electron chi connectivity index (χ2n) is 7.74. The monoisotopic (exact) mass is 477 g/mol. The first-order valence-electron chi connectivity index (χ1n) is 10.6. The molecule has 32 heavy (non-hydrogen) atoms. The summed E-state index contributed by atoms with van der Waals surface area (Å²) in [5.41, 5.74) is 1.06. The van der Waals surface area contributed by atoms with Gasteiger partial charge >= 0.3 is 0 Å². The lowest BCUT2D eigenvalue weighted by atomic mass is 10.2. The highest BCUT2D eigenvalue weighted by atomic mass is 32.2. The molecule has 2 aromatic rings. The van der Waals surface area contributed by atoms with E-state index in [1.165, 1.54) is 22.3 Å². The van der Waals surface area contributed by atoms with Crippen LogP contribution in [0.2, 0.25) is 0 Å². The summed E-state index contributed by atoms with van der Waals surface area (Å²) in [6.45, 7) is 2.06. The molecule has 1 aromatic heterocycles. The van der Waals surface area contributed by atoms with Crippen LogP contribution in [0.3, 0.4) is 0 Å². The zero-order chi connectivity index (χ0) is 22.6. The van der Waals surface area contributed by atoms with Gasteiger partial charge in [-0.1, -0.05) is 23.9 Å². The quantitative estimate of drug-likeness (QED) is 0.513. The van der Waals surface area contributed by atoms with Gasteiger partial charge < -0.3 is 14.4 Å². The molecular weight excluding hydrogens is 450 g/mol. The van der Waals surface area contributed by atoms with Gasteiger partial charge in [0.1, 0.15) is 10.6 Å². The summed E-state index contributed by atoms with van der Waals surface area (Å²) in [6.07, 6.45) is 3.42. The number of thioether (sulfide) groups is 1. The van der Waals surface area contributed by atoms with E-state index in [0.29, 0.717) is 43.9 Å². The molecule has 8 nitrogen and oxygen atoms in total. The molecule has 2 fully saturated rings. The van der Waals surface area contributed by atoms with E-state index in [4.69, 9.17) is 9.47 Å². The number of ether oxygens (including phenoxy) is 2. The average molecular weight is 478 g/mol. The van der Waals surface area contributed by atoms with Crippen LogP contribution in [-0.2, 0) is 26.1 Å². The largest absolute Gasteiger partial charge is 0.497 e. The third kappa shape index (κ3) is 5.61. The van der Waals surface area contributed by atoms with Gasteiger partial charge in [-0.25, -0.2) is 13.4 Å². The van der Waals surface area contributed by atoms with Gasteiger partial charge in [-0.15, -0.1) is 0 Å². The number of hydrogen-bond acceptors (Lipinski definition) is 7. The molecule has 2 heterocycles. The number of sulfonamides is 1. The van der Waals surface area contributed by atoms with Crippen molar-refractivity contribution in [3.8, 4) is 5.75 Å². The van der Waals surface area contributed by atoms with Crippen molar-refractivity contribution >= 4 is 27.7 Å². The lowest BCUT2D eigenvalue weighted by molar-refractivity contribution is -0.129. The fourth-order valence-electron chi connectivity index (χ4n) is 3.49. The molecule has 10 heteroatoms. The van der Waals surface area contributed by atoms with E-state index in [-0.39, 0.29) is 16.6 Å². The maximum atomic E-state index is 12.9. The van der Waals surface area contributed by atoms with E-state index < -0.39 is 10.0 Å². The average Bonchev–Trinajstić information content (AvgIpc) is 3.67. The smallest absolute Gasteiger partial charge is 0.244 e. The van der Waals surface area contributed by atoms with Crippen molar-refractivity contribution in [1.82, 2.24) is 14.2 Å². The number of methoxy groups -OCH3 is 1. The maximum absolute atomic E-state index is 12.9. The minimum absolute atomic E-state index is 0.0557. The minimum atomic E-state index is -3.57. The van der Waals surface area contributed by atoms with Crippen molar-refractivity contribution in [3.63, 3.8) is 0 Å². The molecule has 1 saturated carbocycles. The van der Waals surface area contributed by atoms with Gasteiger partial charge in [0.15, 0.2) is 0 Å². The Morgan fingerprint density at radius 1 is 1.19 bits per heavy atom. The topological polar surface area (TPSA) is 89.0 Å². The summed E-state index contributed by atoms with van der Waals surface area (Å²) in [6, 6.07) is 11.3.